The third kappa shape index (κ3) is 2.58. The quantitative estimate of drug-likeness (QED) is 0.693. The summed E-state index contributed by atoms with van der Waals surface area (Å²) in [6.07, 6.45) is 7.96. The fourth-order valence-corrected chi connectivity index (χ4v) is 4.98. The van der Waals surface area contributed by atoms with E-state index in [4.69, 9.17) is 5.73 Å². The van der Waals surface area contributed by atoms with Crippen LogP contribution in [0.1, 0.15) is 63.0 Å². The molecule has 3 aromatic rings. The van der Waals surface area contributed by atoms with Crippen LogP contribution in [-0.2, 0) is 12.0 Å². The molecule has 0 saturated heterocycles. The number of pyridine rings is 1. The predicted molar refractivity (Wildman–Crippen MR) is 105 cm³/mol. The third-order valence-corrected chi connectivity index (χ3v) is 6.51. The van der Waals surface area contributed by atoms with E-state index in [1.165, 1.54) is 12.1 Å². The first kappa shape index (κ1) is 17.7. The number of fused-ring (bicyclic) bond motifs is 3. The number of rotatable bonds is 3. The van der Waals surface area contributed by atoms with Crippen molar-refractivity contribution in [1.29, 1.82) is 0 Å². The fourth-order valence-electron chi connectivity index (χ4n) is 4.98. The maximum absolute atomic E-state index is 14.9. The summed E-state index contributed by atoms with van der Waals surface area (Å²) in [6.45, 7) is 2.15. The summed E-state index contributed by atoms with van der Waals surface area (Å²) in [5.41, 5.74) is 8.31. The molecule has 0 bridgehead atoms. The summed E-state index contributed by atoms with van der Waals surface area (Å²) in [7, 11) is 0. The summed E-state index contributed by atoms with van der Waals surface area (Å²) in [5, 5.41) is 0. The van der Waals surface area contributed by atoms with Gasteiger partial charge in [0, 0.05) is 35.9 Å². The highest BCUT2D eigenvalue weighted by molar-refractivity contribution is 5.83. The van der Waals surface area contributed by atoms with Crippen LogP contribution in [-0.4, -0.2) is 14.5 Å². The Morgan fingerprint density at radius 1 is 1.18 bits per heavy atom. The lowest BCUT2D eigenvalue weighted by molar-refractivity contribution is 0.417. The van der Waals surface area contributed by atoms with E-state index in [-0.39, 0.29) is 0 Å². The van der Waals surface area contributed by atoms with Gasteiger partial charge in [-0.2, -0.15) is 0 Å². The number of nitrogens with two attached hydrogens (primary N) is 1. The molecule has 4 nitrogen and oxygen atoms in total. The van der Waals surface area contributed by atoms with Crippen molar-refractivity contribution in [2.75, 3.05) is 0 Å². The van der Waals surface area contributed by atoms with Crippen molar-refractivity contribution in [3.63, 3.8) is 0 Å². The standard InChI is InChI=1S/C22H24F2N4/c1-2-14-5-6-20-27-18-11-16(23)15(10-19(18)28(14)20)13-9-17(24)21(26-12-13)22(25)7-3-4-8-22/h9-12,14H,2-8,25H2,1H3. The summed E-state index contributed by atoms with van der Waals surface area (Å²) in [6, 6.07) is 5.00. The molecule has 1 fully saturated rings. The summed E-state index contributed by atoms with van der Waals surface area (Å²) in [4.78, 5) is 8.93. The van der Waals surface area contributed by atoms with E-state index in [1.54, 1.807) is 12.3 Å². The van der Waals surface area contributed by atoms with Crippen LogP contribution in [0.25, 0.3) is 22.2 Å². The molecule has 0 amide bonds. The van der Waals surface area contributed by atoms with Crippen LogP contribution in [0, 0.1) is 11.6 Å². The predicted octanol–water partition coefficient (Wildman–Crippen LogP) is 5.00. The van der Waals surface area contributed by atoms with Crippen molar-refractivity contribution < 1.29 is 8.78 Å². The molecular formula is C22H24F2N4. The van der Waals surface area contributed by atoms with Gasteiger partial charge in [0.15, 0.2) is 0 Å². The first-order valence-electron chi connectivity index (χ1n) is 10.2. The Labute approximate surface area is 162 Å². The molecule has 28 heavy (non-hydrogen) atoms. The molecule has 2 aromatic heterocycles. The monoisotopic (exact) mass is 382 g/mol. The van der Waals surface area contributed by atoms with Crippen LogP contribution in [0.2, 0.25) is 0 Å². The van der Waals surface area contributed by atoms with Gasteiger partial charge in [-0.3, -0.25) is 4.98 Å². The zero-order valence-corrected chi connectivity index (χ0v) is 16.0. The van der Waals surface area contributed by atoms with Crippen LogP contribution >= 0.6 is 0 Å². The molecule has 1 aliphatic heterocycles. The van der Waals surface area contributed by atoms with Crippen molar-refractivity contribution in [3.8, 4) is 11.1 Å². The molecule has 2 aliphatic rings. The second-order valence-corrected chi connectivity index (χ2v) is 8.24. The molecule has 0 spiro atoms. The SMILES string of the molecule is CCC1CCc2nc3cc(F)c(-c4cnc(C5(N)CCCC5)c(F)c4)cc3n21. The summed E-state index contributed by atoms with van der Waals surface area (Å²) < 4.78 is 31.9. The van der Waals surface area contributed by atoms with Gasteiger partial charge in [-0.15, -0.1) is 0 Å². The van der Waals surface area contributed by atoms with Crippen LogP contribution in [0.5, 0.6) is 0 Å². The Kier molecular flexibility index (Phi) is 4.02. The number of imidazole rings is 1. The Morgan fingerprint density at radius 2 is 1.96 bits per heavy atom. The van der Waals surface area contributed by atoms with Gasteiger partial charge in [-0.25, -0.2) is 13.8 Å². The molecule has 6 heteroatoms. The van der Waals surface area contributed by atoms with Gasteiger partial charge in [0.05, 0.1) is 22.3 Å². The summed E-state index contributed by atoms with van der Waals surface area (Å²) in [5.74, 6) is 0.144. The van der Waals surface area contributed by atoms with Crippen molar-refractivity contribution in [1.82, 2.24) is 14.5 Å². The Bertz CT molecular complexity index is 1070. The van der Waals surface area contributed by atoms with E-state index < -0.39 is 17.2 Å². The van der Waals surface area contributed by atoms with E-state index >= 15 is 0 Å². The average Bonchev–Trinajstić information content (AvgIpc) is 3.36. The minimum absolute atomic E-state index is 0.298. The van der Waals surface area contributed by atoms with Gasteiger partial charge >= 0.3 is 0 Å². The smallest absolute Gasteiger partial charge is 0.147 e. The normalized spacial score (nSPS) is 20.8. The molecule has 146 valence electrons. The lowest BCUT2D eigenvalue weighted by Gasteiger charge is -2.23. The van der Waals surface area contributed by atoms with E-state index in [1.807, 2.05) is 0 Å². The van der Waals surface area contributed by atoms with E-state index in [9.17, 15) is 8.78 Å². The molecule has 1 atom stereocenters. The number of aryl methyl sites for hydroxylation is 1. The molecule has 3 heterocycles. The lowest BCUT2D eigenvalue weighted by atomic mass is 9.92. The molecule has 2 N–H and O–H groups in total. The highest BCUT2D eigenvalue weighted by Gasteiger charge is 2.35. The van der Waals surface area contributed by atoms with Crippen molar-refractivity contribution >= 4 is 11.0 Å². The van der Waals surface area contributed by atoms with Gasteiger partial charge in [-0.1, -0.05) is 19.8 Å². The van der Waals surface area contributed by atoms with E-state index in [0.717, 1.165) is 56.3 Å². The first-order valence-corrected chi connectivity index (χ1v) is 10.2. The molecule has 1 saturated carbocycles. The lowest BCUT2D eigenvalue weighted by Crippen LogP contribution is -2.35. The molecule has 1 unspecified atom stereocenters. The number of nitrogens with zero attached hydrogens (tertiary/aromatic N) is 3. The van der Waals surface area contributed by atoms with Gasteiger partial charge < -0.3 is 10.3 Å². The second kappa shape index (κ2) is 6.34. The topological polar surface area (TPSA) is 56.7 Å². The maximum atomic E-state index is 14.9. The van der Waals surface area contributed by atoms with Crippen LogP contribution < -0.4 is 5.73 Å². The Hall–Kier alpha value is -2.34. The van der Waals surface area contributed by atoms with Crippen molar-refractivity contribution in [2.45, 2.75) is 63.5 Å². The largest absolute Gasteiger partial charge is 0.325 e. The number of benzene rings is 1. The number of halogens is 2. The maximum Gasteiger partial charge on any atom is 0.147 e. The van der Waals surface area contributed by atoms with E-state index in [2.05, 4.69) is 21.5 Å². The van der Waals surface area contributed by atoms with Gasteiger partial charge in [0.25, 0.3) is 0 Å². The van der Waals surface area contributed by atoms with Crippen molar-refractivity contribution in [3.05, 3.63) is 47.5 Å². The molecule has 0 radical (unpaired) electrons. The highest BCUT2D eigenvalue weighted by Crippen LogP contribution is 2.39. The zero-order valence-electron chi connectivity index (χ0n) is 16.0. The molecule has 1 aromatic carbocycles. The molecule has 5 rings (SSSR count). The van der Waals surface area contributed by atoms with Crippen molar-refractivity contribution in [2.24, 2.45) is 5.73 Å². The second-order valence-electron chi connectivity index (χ2n) is 8.24. The number of hydrogen-bond acceptors (Lipinski definition) is 3. The van der Waals surface area contributed by atoms with Crippen LogP contribution in [0.15, 0.2) is 24.4 Å². The molecule has 1 aliphatic carbocycles. The Balaban J connectivity index is 1.61. The minimum atomic E-state index is -0.703. The van der Waals surface area contributed by atoms with E-state index in [0.29, 0.717) is 28.4 Å². The first-order chi connectivity index (χ1) is 13.5. The number of hydrogen-bond donors (Lipinski definition) is 1. The van der Waals surface area contributed by atoms with Crippen LogP contribution in [0.4, 0.5) is 8.78 Å². The highest BCUT2D eigenvalue weighted by atomic mass is 19.1. The third-order valence-electron chi connectivity index (χ3n) is 6.51. The van der Waals surface area contributed by atoms with Gasteiger partial charge in [0.2, 0.25) is 0 Å². The fraction of sp³-hybridized carbons (Fsp3) is 0.455. The van der Waals surface area contributed by atoms with Gasteiger partial charge in [0.1, 0.15) is 17.5 Å². The number of aromatic nitrogens is 3. The Morgan fingerprint density at radius 3 is 2.68 bits per heavy atom. The van der Waals surface area contributed by atoms with Gasteiger partial charge in [-0.05, 0) is 37.8 Å². The minimum Gasteiger partial charge on any atom is -0.325 e. The average molecular weight is 382 g/mol. The zero-order chi connectivity index (χ0) is 19.5. The van der Waals surface area contributed by atoms with Crippen LogP contribution in [0.3, 0.4) is 0 Å². The molecular weight excluding hydrogens is 358 g/mol. The summed E-state index contributed by atoms with van der Waals surface area (Å²) >= 11 is 0.